The molecule has 4 nitrogen and oxygen atoms in total. The second-order valence-electron chi connectivity index (χ2n) is 7.29. The van der Waals surface area contributed by atoms with Crippen LogP contribution >= 0.6 is 11.3 Å². The van der Waals surface area contributed by atoms with Crippen LogP contribution < -0.4 is 0 Å². The summed E-state index contributed by atoms with van der Waals surface area (Å²) in [5.41, 5.74) is 2.76. The molecule has 2 atom stereocenters. The van der Waals surface area contributed by atoms with Gasteiger partial charge >= 0.3 is 0 Å². The minimum absolute atomic E-state index is 0.0393. The number of nitrogens with zero attached hydrogens (tertiary/aromatic N) is 3. The Hall–Kier alpha value is -1.17. The van der Waals surface area contributed by atoms with Gasteiger partial charge in [-0.3, -0.25) is 9.58 Å². The maximum Gasteiger partial charge on any atom is 0.0969 e. The smallest absolute Gasteiger partial charge is 0.0969 e. The van der Waals surface area contributed by atoms with Crippen molar-refractivity contribution >= 4 is 11.3 Å². The Labute approximate surface area is 148 Å². The minimum atomic E-state index is -0.0393. The second-order valence-corrected chi connectivity index (χ2v) is 8.51. The Morgan fingerprint density at radius 1 is 1.46 bits per heavy atom. The first-order valence-electron chi connectivity index (χ1n) is 9.07. The van der Waals surface area contributed by atoms with Crippen LogP contribution in [0.3, 0.4) is 0 Å². The van der Waals surface area contributed by atoms with Gasteiger partial charge in [0, 0.05) is 54.1 Å². The maximum absolute atomic E-state index is 6.43. The lowest BCUT2D eigenvalue weighted by atomic mass is 9.79. The van der Waals surface area contributed by atoms with E-state index < -0.39 is 0 Å². The molecule has 5 heteroatoms. The Morgan fingerprint density at radius 3 is 3.04 bits per heavy atom. The van der Waals surface area contributed by atoms with Crippen LogP contribution in [0.1, 0.15) is 47.6 Å². The topological polar surface area (TPSA) is 30.3 Å². The van der Waals surface area contributed by atoms with Gasteiger partial charge in [-0.05, 0) is 37.8 Å². The summed E-state index contributed by atoms with van der Waals surface area (Å²) in [6, 6.07) is 2.96. The molecule has 0 radical (unpaired) electrons. The third kappa shape index (κ3) is 2.83. The molecule has 0 N–H and O–H groups in total. The third-order valence-corrected chi connectivity index (χ3v) is 6.94. The number of piperidine rings is 1. The number of rotatable bonds is 3. The molecular formula is C19H27N3OS. The van der Waals surface area contributed by atoms with Gasteiger partial charge in [0.15, 0.2) is 0 Å². The van der Waals surface area contributed by atoms with Gasteiger partial charge in [-0.25, -0.2) is 0 Å². The number of likely N-dealkylation sites (tertiary alicyclic amines) is 1. The highest BCUT2D eigenvalue weighted by molar-refractivity contribution is 7.12. The molecule has 2 aromatic rings. The lowest BCUT2D eigenvalue weighted by molar-refractivity contribution is -0.112. The van der Waals surface area contributed by atoms with Crippen molar-refractivity contribution in [2.75, 3.05) is 13.2 Å². The lowest BCUT2D eigenvalue weighted by Crippen LogP contribution is -2.50. The standard InChI is InChI=1S/C19H27N3OS/c1-4-16-9-17-18(24-16)5-8-23-19(17)6-7-22(14(2)10-19)13-15-11-20-21(3)12-15/h9,11-12,14H,4-8,10,13H2,1-3H3/t14-,19+/m0/s1. The average Bonchev–Trinajstić information content (AvgIpc) is 3.17. The van der Waals surface area contributed by atoms with E-state index in [0.717, 1.165) is 45.4 Å². The first-order valence-corrected chi connectivity index (χ1v) is 9.89. The molecule has 0 aliphatic carbocycles. The summed E-state index contributed by atoms with van der Waals surface area (Å²) in [6.07, 6.45) is 8.54. The molecule has 130 valence electrons. The van der Waals surface area contributed by atoms with Gasteiger partial charge in [-0.15, -0.1) is 11.3 Å². The summed E-state index contributed by atoms with van der Waals surface area (Å²) in [4.78, 5) is 5.66. The summed E-state index contributed by atoms with van der Waals surface area (Å²) < 4.78 is 8.32. The zero-order valence-electron chi connectivity index (χ0n) is 14.9. The first kappa shape index (κ1) is 16.3. The monoisotopic (exact) mass is 345 g/mol. The summed E-state index contributed by atoms with van der Waals surface area (Å²) in [5, 5.41) is 4.30. The predicted octanol–water partition coefficient (Wildman–Crippen LogP) is 3.50. The number of thiophene rings is 1. The van der Waals surface area contributed by atoms with Crippen molar-refractivity contribution < 1.29 is 4.74 Å². The van der Waals surface area contributed by atoms with Crippen LogP contribution in [0, 0.1) is 0 Å². The van der Waals surface area contributed by atoms with E-state index >= 15 is 0 Å². The summed E-state index contributed by atoms with van der Waals surface area (Å²) in [5.74, 6) is 0. The normalized spacial score (nSPS) is 27.5. The molecule has 4 heterocycles. The van der Waals surface area contributed by atoms with E-state index in [4.69, 9.17) is 4.74 Å². The maximum atomic E-state index is 6.43. The van der Waals surface area contributed by atoms with Gasteiger partial charge in [0.1, 0.15) is 0 Å². The van der Waals surface area contributed by atoms with E-state index in [2.05, 4.69) is 36.1 Å². The van der Waals surface area contributed by atoms with Gasteiger partial charge in [0.2, 0.25) is 0 Å². The van der Waals surface area contributed by atoms with Crippen LogP contribution in [-0.2, 0) is 36.8 Å². The van der Waals surface area contributed by atoms with Gasteiger partial charge in [-0.1, -0.05) is 6.92 Å². The Balaban J connectivity index is 1.53. The molecule has 2 aliphatic heterocycles. The average molecular weight is 346 g/mol. The summed E-state index contributed by atoms with van der Waals surface area (Å²) in [7, 11) is 1.98. The molecule has 1 spiro atoms. The number of ether oxygens (including phenoxy) is 1. The zero-order chi connectivity index (χ0) is 16.7. The SMILES string of the molecule is CCc1cc2c(s1)CCO[C@@]21CCN(Cc2cnn(C)c2)[C@@H](C)C1. The van der Waals surface area contributed by atoms with E-state index in [1.165, 1.54) is 16.0 Å². The molecular weight excluding hydrogens is 318 g/mol. The molecule has 0 aromatic carbocycles. The van der Waals surface area contributed by atoms with E-state index in [0.29, 0.717) is 6.04 Å². The van der Waals surface area contributed by atoms with Crippen LogP contribution in [0.5, 0.6) is 0 Å². The van der Waals surface area contributed by atoms with Crippen molar-refractivity contribution in [3.63, 3.8) is 0 Å². The highest BCUT2D eigenvalue weighted by Gasteiger charge is 2.44. The summed E-state index contributed by atoms with van der Waals surface area (Å²) in [6.45, 7) is 7.56. The molecule has 0 unspecified atom stereocenters. The van der Waals surface area contributed by atoms with Crippen molar-refractivity contribution in [3.05, 3.63) is 39.3 Å². The van der Waals surface area contributed by atoms with Crippen LogP contribution in [0.2, 0.25) is 0 Å². The van der Waals surface area contributed by atoms with Crippen molar-refractivity contribution in [2.24, 2.45) is 7.05 Å². The Kier molecular flexibility index (Phi) is 4.27. The molecule has 2 aliphatic rings. The van der Waals surface area contributed by atoms with Crippen molar-refractivity contribution in [1.82, 2.24) is 14.7 Å². The fourth-order valence-corrected chi connectivity index (χ4v) is 5.48. The third-order valence-electron chi connectivity index (χ3n) is 5.60. The van der Waals surface area contributed by atoms with E-state index in [-0.39, 0.29) is 5.60 Å². The van der Waals surface area contributed by atoms with Crippen molar-refractivity contribution in [2.45, 2.75) is 57.7 Å². The van der Waals surface area contributed by atoms with Gasteiger partial charge in [0.25, 0.3) is 0 Å². The number of aromatic nitrogens is 2. The number of fused-ring (bicyclic) bond motifs is 2. The summed E-state index contributed by atoms with van der Waals surface area (Å²) >= 11 is 2.01. The van der Waals surface area contributed by atoms with Gasteiger partial charge in [-0.2, -0.15) is 5.10 Å². The van der Waals surface area contributed by atoms with Crippen molar-refractivity contribution in [1.29, 1.82) is 0 Å². The quantitative estimate of drug-likeness (QED) is 0.853. The van der Waals surface area contributed by atoms with E-state index in [9.17, 15) is 0 Å². The van der Waals surface area contributed by atoms with Crippen LogP contribution in [0.4, 0.5) is 0 Å². The highest BCUT2D eigenvalue weighted by atomic mass is 32.1. The Morgan fingerprint density at radius 2 is 2.33 bits per heavy atom. The zero-order valence-corrected chi connectivity index (χ0v) is 15.7. The molecule has 0 bridgehead atoms. The molecule has 0 saturated carbocycles. The van der Waals surface area contributed by atoms with Gasteiger partial charge in [0.05, 0.1) is 18.4 Å². The van der Waals surface area contributed by atoms with Crippen LogP contribution in [0.25, 0.3) is 0 Å². The van der Waals surface area contributed by atoms with Crippen molar-refractivity contribution in [3.8, 4) is 0 Å². The molecule has 1 fully saturated rings. The fraction of sp³-hybridized carbons (Fsp3) is 0.632. The molecule has 2 aromatic heterocycles. The number of hydrogen-bond acceptors (Lipinski definition) is 4. The number of hydrogen-bond donors (Lipinski definition) is 0. The largest absolute Gasteiger partial charge is 0.370 e. The lowest BCUT2D eigenvalue weighted by Gasteiger charge is -2.47. The first-order chi connectivity index (χ1) is 11.6. The number of aryl methyl sites for hydroxylation is 2. The van der Waals surface area contributed by atoms with E-state index in [1.807, 2.05) is 29.3 Å². The minimum Gasteiger partial charge on any atom is -0.370 e. The van der Waals surface area contributed by atoms with Gasteiger partial charge < -0.3 is 4.74 Å². The van der Waals surface area contributed by atoms with Crippen LogP contribution in [0.15, 0.2) is 18.5 Å². The van der Waals surface area contributed by atoms with Crippen LogP contribution in [-0.4, -0.2) is 33.9 Å². The predicted molar refractivity (Wildman–Crippen MR) is 97.3 cm³/mol. The fourth-order valence-electron chi connectivity index (χ4n) is 4.30. The highest BCUT2D eigenvalue weighted by Crippen LogP contribution is 2.46. The van der Waals surface area contributed by atoms with E-state index in [1.54, 1.807) is 4.88 Å². The second kappa shape index (κ2) is 6.28. The Bertz CT molecular complexity index is 722. The molecule has 24 heavy (non-hydrogen) atoms. The molecule has 4 rings (SSSR count). The molecule has 1 saturated heterocycles. The molecule has 0 amide bonds.